The molecule has 1 amide bonds. The van der Waals surface area contributed by atoms with Crippen molar-refractivity contribution in [2.45, 2.75) is 46.0 Å². The van der Waals surface area contributed by atoms with Crippen molar-refractivity contribution in [2.24, 2.45) is 0 Å². The molecule has 0 radical (unpaired) electrons. The molecule has 0 bridgehead atoms. The number of carbonyl (C=O) groups excluding carboxylic acids is 1. The fraction of sp³-hybridized carbons (Fsp3) is 0.292. The first-order chi connectivity index (χ1) is 14.4. The first kappa shape index (κ1) is 22.1. The molecule has 0 aliphatic rings. The van der Waals surface area contributed by atoms with Gasteiger partial charge in [-0.3, -0.25) is 10.1 Å². The summed E-state index contributed by atoms with van der Waals surface area (Å²) in [5, 5.41) is 6.61. The van der Waals surface area contributed by atoms with Crippen LogP contribution in [0.2, 0.25) is 0 Å². The molecule has 0 aliphatic heterocycles. The van der Waals surface area contributed by atoms with Crippen LogP contribution in [-0.2, 0) is 11.2 Å². The molecule has 156 valence electrons. The molecule has 2 N–H and O–H groups in total. The van der Waals surface area contributed by atoms with Crippen molar-refractivity contribution in [3.8, 4) is 0 Å². The number of anilines is 1. The third-order valence-electron chi connectivity index (χ3n) is 4.76. The summed E-state index contributed by atoms with van der Waals surface area (Å²) in [5.41, 5.74) is 4.50. The van der Waals surface area contributed by atoms with E-state index in [1.807, 2.05) is 18.2 Å². The van der Waals surface area contributed by atoms with Gasteiger partial charge in [0.15, 0.2) is 10.2 Å². The first-order valence-electron chi connectivity index (χ1n) is 10.2. The third-order valence-corrected chi connectivity index (χ3v) is 5.90. The largest absolute Gasteiger partial charge is 0.308 e. The van der Waals surface area contributed by atoms with Gasteiger partial charge in [0.25, 0.3) is 0 Å². The number of rotatable bonds is 7. The van der Waals surface area contributed by atoms with Crippen LogP contribution < -0.4 is 10.6 Å². The van der Waals surface area contributed by atoms with Gasteiger partial charge in [0, 0.05) is 6.08 Å². The molecule has 0 atom stereocenters. The zero-order chi connectivity index (χ0) is 21.5. The lowest BCUT2D eigenvalue weighted by Gasteiger charge is -2.05. The highest BCUT2D eigenvalue weighted by molar-refractivity contribution is 7.80. The zero-order valence-electron chi connectivity index (χ0n) is 17.6. The van der Waals surface area contributed by atoms with Gasteiger partial charge in [-0.1, -0.05) is 68.9 Å². The number of aryl methyl sites for hydroxylation is 1. The average molecular weight is 438 g/mol. The van der Waals surface area contributed by atoms with Gasteiger partial charge < -0.3 is 5.32 Å². The number of nitrogens with one attached hydrogen (secondary N) is 2. The number of thiazole rings is 1. The van der Waals surface area contributed by atoms with E-state index < -0.39 is 0 Å². The van der Waals surface area contributed by atoms with Gasteiger partial charge in [-0.05, 0) is 65.9 Å². The highest BCUT2D eigenvalue weighted by atomic mass is 32.1. The lowest BCUT2D eigenvalue weighted by atomic mass is 10.0. The van der Waals surface area contributed by atoms with E-state index in [1.54, 1.807) is 6.08 Å². The number of benzene rings is 2. The number of carbonyl (C=O) groups is 1. The maximum atomic E-state index is 12.2. The molecule has 0 aliphatic carbocycles. The fourth-order valence-electron chi connectivity index (χ4n) is 3.00. The lowest BCUT2D eigenvalue weighted by molar-refractivity contribution is -0.115. The van der Waals surface area contributed by atoms with Crippen molar-refractivity contribution >= 4 is 56.0 Å². The second kappa shape index (κ2) is 10.5. The second-order valence-electron chi connectivity index (χ2n) is 7.52. The number of nitrogens with zero attached hydrogens (tertiary/aromatic N) is 1. The van der Waals surface area contributed by atoms with Gasteiger partial charge in [0.1, 0.15) is 0 Å². The van der Waals surface area contributed by atoms with Crippen molar-refractivity contribution in [3.63, 3.8) is 0 Å². The van der Waals surface area contributed by atoms with Crippen LogP contribution in [0.25, 0.3) is 16.3 Å². The molecule has 0 unspecified atom stereocenters. The number of fused-ring (bicyclic) bond motifs is 1. The van der Waals surface area contributed by atoms with E-state index in [-0.39, 0.29) is 11.0 Å². The average Bonchev–Trinajstić information content (AvgIpc) is 3.12. The van der Waals surface area contributed by atoms with Crippen molar-refractivity contribution < 1.29 is 4.79 Å². The number of unbranched alkanes of at least 4 members (excludes halogenated alkanes) is 1. The number of hydrogen-bond donors (Lipinski definition) is 2. The normalized spacial score (nSPS) is 11.3. The summed E-state index contributed by atoms with van der Waals surface area (Å²) in [6, 6.07) is 14.5. The van der Waals surface area contributed by atoms with Crippen LogP contribution in [0.5, 0.6) is 0 Å². The van der Waals surface area contributed by atoms with Crippen molar-refractivity contribution in [1.82, 2.24) is 10.3 Å². The minimum absolute atomic E-state index is 0.241. The van der Waals surface area contributed by atoms with E-state index in [0.717, 1.165) is 22.2 Å². The van der Waals surface area contributed by atoms with Gasteiger partial charge in [-0.25, -0.2) is 4.98 Å². The Bertz CT molecular complexity index is 1050. The zero-order valence-corrected chi connectivity index (χ0v) is 19.2. The number of thiocarbonyl (C=S) groups is 1. The molecule has 1 heterocycles. The Morgan fingerprint density at radius 3 is 2.67 bits per heavy atom. The minimum atomic E-state index is -0.275. The van der Waals surface area contributed by atoms with E-state index in [4.69, 9.17) is 12.2 Å². The smallest absolute Gasteiger partial charge is 0.250 e. The Kier molecular flexibility index (Phi) is 7.71. The summed E-state index contributed by atoms with van der Waals surface area (Å²) < 4.78 is 1.12. The molecule has 3 rings (SSSR count). The van der Waals surface area contributed by atoms with Crippen LogP contribution in [0.15, 0.2) is 48.5 Å². The maximum Gasteiger partial charge on any atom is 0.250 e. The molecular formula is C24H27N3OS2. The molecular weight excluding hydrogens is 410 g/mol. The second-order valence-corrected chi connectivity index (χ2v) is 8.96. The molecule has 0 saturated carbocycles. The van der Waals surface area contributed by atoms with E-state index in [2.05, 4.69) is 60.7 Å². The van der Waals surface area contributed by atoms with Gasteiger partial charge in [-0.2, -0.15) is 0 Å². The van der Waals surface area contributed by atoms with E-state index in [0.29, 0.717) is 11.0 Å². The van der Waals surface area contributed by atoms with Crippen LogP contribution >= 0.6 is 23.6 Å². The lowest BCUT2D eigenvalue weighted by Crippen LogP contribution is -2.32. The van der Waals surface area contributed by atoms with Gasteiger partial charge in [-0.15, -0.1) is 0 Å². The van der Waals surface area contributed by atoms with Crippen molar-refractivity contribution in [3.05, 3.63) is 65.2 Å². The molecule has 0 fully saturated rings. The Morgan fingerprint density at radius 1 is 1.20 bits per heavy atom. The molecule has 4 nitrogen and oxygen atoms in total. The molecule has 30 heavy (non-hydrogen) atoms. The number of aromatic nitrogens is 1. The van der Waals surface area contributed by atoms with E-state index in [9.17, 15) is 4.79 Å². The SMILES string of the molecule is CCCCc1ccc2nc(NC(=S)NC(=O)C=Cc3ccc(C(C)C)cc3)sc2c1. The summed E-state index contributed by atoms with van der Waals surface area (Å²) in [6.45, 7) is 6.51. The van der Waals surface area contributed by atoms with Crippen LogP contribution in [-0.4, -0.2) is 16.0 Å². The summed E-state index contributed by atoms with van der Waals surface area (Å²) in [5.74, 6) is 0.212. The molecule has 6 heteroatoms. The van der Waals surface area contributed by atoms with Gasteiger partial charge in [0.05, 0.1) is 10.2 Å². The Morgan fingerprint density at radius 2 is 1.97 bits per heavy atom. The summed E-state index contributed by atoms with van der Waals surface area (Å²) in [7, 11) is 0. The van der Waals surface area contributed by atoms with Crippen LogP contribution in [0.1, 0.15) is 56.2 Å². The summed E-state index contributed by atoms with van der Waals surface area (Å²) >= 11 is 6.80. The molecule has 0 spiro atoms. The molecule has 0 saturated heterocycles. The standard InChI is InChI=1S/C24H27N3OS2/c1-4-5-6-18-9-13-20-21(15-18)30-24(25-20)27-23(29)26-22(28)14-10-17-7-11-19(12-8-17)16(2)3/h7-16H,4-6H2,1-3H3,(H2,25,26,27,28,29). The Balaban J connectivity index is 1.56. The van der Waals surface area contributed by atoms with Crippen LogP contribution in [0, 0.1) is 0 Å². The minimum Gasteiger partial charge on any atom is -0.308 e. The maximum absolute atomic E-state index is 12.2. The number of amides is 1. The van der Waals surface area contributed by atoms with E-state index in [1.165, 1.54) is 41.4 Å². The van der Waals surface area contributed by atoms with Crippen LogP contribution in [0.3, 0.4) is 0 Å². The predicted molar refractivity (Wildman–Crippen MR) is 132 cm³/mol. The highest BCUT2D eigenvalue weighted by Crippen LogP contribution is 2.27. The van der Waals surface area contributed by atoms with Crippen LogP contribution in [0.4, 0.5) is 5.13 Å². The quantitative estimate of drug-likeness (QED) is 0.337. The Labute approximate surface area is 187 Å². The monoisotopic (exact) mass is 437 g/mol. The molecule has 1 aromatic heterocycles. The van der Waals surface area contributed by atoms with Crippen molar-refractivity contribution in [1.29, 1.82) is 0 Å². The van der Waals surface area contributed by atoms with Crippen molar-refractivity contribution in [2.75, 3.05) is 5.32 Å². The third kappa shape index (κ3) is 6.21. The first-order valence-corrected chi connectivity index (χ1v) is 11.5. The number of hydrogen-bond acceptors (Lipinski definition) is 4. The highest BCUT2D eigenvalue weighted by Gasteiger charge is 2.08. The van der Waals surface area contributed by atoms with Gasteiger partial charge in [0.2, 0.25) is 5.91 Å². The molecule has 2 aromatic carbocycles. The fourth-order valence-corrected chi connectivity index (χ4v) is 4.20. The van der Waals surface area contributed by atoms with E-state index >= 15 is 0 Å². The molecule has 3 aromatic rings. The summed E-state index contributed by atoms with van der Waals surface area (Å²) in [6.07, 6.45) is 6.70. The predicted octanol–water partition coefficient (Wildman–Crippen LogP) is 6.29. The van der Waals surface area contributed by atoms with Gasteiger partial charge >= 0.3 is 0 Å². The summed E-state index contributed by atoms with van der Waals surface area (Å²) in [4.78, 5) is 16.7. The Hall–Kier alpha value is -2.57. The topological polar surface area (TPSA) is 54.0 Å².